The van der Waals surface area contributed by atoms with Crippen LogP contribution in [0.25, 0.3) is 22.2 Å². The lowest BCUT2D eigenvalue weighted by atomic mass is 10.0. The largest absolute Gasteiger partial charge is 0.491 e. The number of anilines is 1. The molecular weight excluding hydrogens is 482 g/mol. The molecule has 0 bridgehead atoms. The van der Waals surface area contributed by atoms with Crippen molar-refractivity contribution >= 4 is 22.7 Å². The summed E-state index contributed by atoms with van der Waals surface area (Å²) in [5, 5.41) is 0. The van der Waals surface area contributed by atoms with E-state index in [9.17, 15) is 13.6 Å². The van der Waals surface area contributed by atoms with E-state index < -0.39 is 6.61 Å². The van der Waals surface area contributed by atoms with Crippen LogP contribution in [0.4, 0.5) is 14.5 Å². The number of hydrogen-bond acceptors (Lipinski definition) is 7. The molecule has 0 saturated heterocycles. The second kappa shape index (κ2) is 10.6. The molecule has 2 atom stereocenters. The van der Waals surface area contributed by atoms with Crippen LogP contribution < -0.4 is 9.64 Å². The SMILES string of the molecule is CC(C)Oc1ccc(-c2ccc(N(CCOC(F)F)C(=O)[C@@H]3C[C@H]3c3ccncn3)c3ncoc23)cc1. The number of alkyl halides is 2. The molecule has 2 aromatic heterocycles. The van der Waals surface area contributed by atoms with Crippen molar-refractivity contribution in [2.24, 2.45) is 5.92 Å². The monoisotopic (exact) mass is 508 g/mol. The van der Waals surface area contributed by atoms with Crippen LogP contribution in [0.2, 0.25) is 0 Å². The number of carbonyl (C=O) groups excluding carboxylic acids is 1. The quantitative estimate of drug-likeness (QED) is 0.281. The molecule has 1 fully saturated rings. The number of fused-ring (bicyclic) bond motifs is 1. The fourth-order valence-corrected chi connectivity index (χ4v) is 4.46. The lowest BCUT2D eigenvalue weighted by Gasteiger charge is -2.24. The van der Waals surface area contributed by atoms with Crippen molar-refractivity contribution in [1.82, 2.24) is 15.0 Å². The van der Waals surface area contributed by atoms with Gasteiger partial charge in [-0.15, -0.1) is 0 Å². The van der Waals surface area contributed by atoms with Crippen LogP contribution in [0.3, 0.4) is 0 Å². The summed E-state index contributed by atoms with van der Waals surface area (Å²) >= 11 is 0. The first-order chi connectivity index (χ1) is 17.9. The summed E-state index contributed by atoms with van der Waals surface area (Å²) in [5.74, 6) is 0.181. The number of rotatable bonds is 10. The first kappa shape index (κ1) is 24.8. The maximum atomic E-state index is 13.6. The maximum absolute atomic E-state index is 13.6. The van der Waals surface area contributed by atoms with E-state index in [2.05, 4.69) is 19.7 Å². The normalized spacial score (nSPS) is 16.9. The highest BCUT2D eigenvalue weighted by molar-refractivity contribution is 6.06. The Bertz CT molecular complexity index is 1360. The predicted molar refractivity (Wildman–Crippen MR) is 132 cm³/mol. The van der Waals surface area contributed by atoms with E-state index >= 15 is 0 Å². The molecule has 1 amide bonds. The van der Waals surface area contributed by atoms with Crippen molar-refractivity contribution in [2.45, 2.75) is 38.9 Å². The number of oxazole rings is 1. The second-order valence-electron chi connectivity index (χ2n) is 9.06. The minimum atomic E-state index is -2.93. The number of amides is 1. The Morgan fingerprint density at radius 1 is 1.14 bits per heavy atom. The molecule has 1 aliphatic rings. The van der Waals surface area contributed by atoms with Crippen LogP contribution in [0.5, 0.6) is 5.75 Å². The highest BCUT2D eigenvalue weighted by atomic mass is 19.3. The van der Waals surface area contributed by atoms with Gasteiger partial charge in [-0.05, 0) is 56.2 Å². The first-order valence-corrected chi connectivity index (χ1v) is 12.0. The molecule has 1 saturated carbocycles. The van der Waals surface area contributed by atoms with Gasteiger partial charge in [0.25, 0.3) is 0 Å². The number of halogens is 2. The van der Waals surface area contributed by atoms with E-state index in [1.807, 2.05) is 44.2 Å². The summed E-state index contributed by atoms with van der Waals surface area (Å²) in [6.07, 6.45) is 5.07. The summed E-state index contributed by atoms with van der Waals surface area (Å²) in [6, 6.07) is 13.0. The Labute approximate surface area is 212 Å². The van der Waals surface area contributed by atoms with Gasteiger partial charge < -0.3 is 18.8 Å². The summed E-state index contributed by atoms with van der Waals surface area (Å²) in [5.41, 5.74) is 3.88. The highest BCUT2D eigenvalue weighted by Gasteiger charge is 2.47. The van der Waals surface area contributed by atoms with E-state index in [-0.39, 0.29) is 37.0 Å². The molecule has 4 aromatic rings. The van der Waals surface area contributed by atoms with Gasteiger partial charge >= 0.3 is 6.61 Å². The summed E-state index contributed by atoms with van der Waals surface area (Å²) in [4.78, 5) is 27.6. The van der Waals surface area contributed by atoms with Crippen molar-refractivity contribution in [3.8, 4) is 16.9 Å². The van der Waals surface area contributed by atoms with Gasteiger partial charge in [0.05, 0.1) is 18.4 Å². The van der Waals surface area contributed by atoms with Crippen LogP contribution in [0, 0.1) is 5.92 Å². The zero-order valence-corrected chi connectivity index (χ0v) is 20.4. The molecule has 0 spiro atoms. The molecule has 0 unspecified atom stereocenters. The van der Waals surface area contributed by atoms with Gasteiger partial charge in [0.1, 0.15) is 17.6 Å². The molecule has 0 N–H and O–H groups in total. The van der Waals surface area contributed by atoms with E-state index in [1.165, 1.54) is 17.6 Å². The van der Waals surface area contributed by atoms with Crippen molar-refractivity contribution in [2.75, 3.05) is 18.1 Å². The summed E-state index contributed by atoms with van der Waals surface area (Å²) < 4.78 is 41.3. The van der Waals surface area contributed by atoms with E-state index in [1.54, 1.807) is 18.3 Å². The van der Waals surface area contributed by atoms with Crippen molar-refractivity contribution in [3.63, 3.8) is 0 Å². The van der Waals surface area contributed by atoms with Crippen LogP contribution in [-0.4, -0.2) is 46.7 Å². The summed E-state index contributed by atoms with van der Waals surface area (Å²) in [6.45, 7) is 0.609. The molecular formula is C27H26F2N4O4. The van der Waals surface area contributed by atoms with Gasteiger partial charge in [0.15, 0.2) is 12.0 Å². The molecule has 37 heavy (non-hydrogen) atoms. The maximum Gasteiger partial charge on any atom is 0.345 e. The van der Waals surface area contributed by atoms with Crippen LogP contribution >= 0.6 is 0 Å². The summed E-state index contributed by atoms with van der Waals surface area (Å²) in [7, 11) is 0. The fraction of sp³-hybridized carbons (Fsp3) is 0.333. The molecule has 8 nitrogen and oxygen atoms in total. The predicted octanol–water partition coefficient (Wildman–Crippen LogP) is 5.45. The fourth-order valence-electron chi connectivity index (χ4n) is 4.46. The smallest absolute Gasteiger partial charge is 0.345 e. The van der Waals surface area contributed by atoms with Crippen molar-refractivity contribution in [3.05, 3.63) is 67.1 Å². The highest BCUT2D eigenvalue weighted by Crippen LogP contribution is 2.48. The van der Waals surface area contributed by atoms with E-state index in [0.29, 0.717) is 23.2 Å². The number of ether oxygens (including phenoxy) is 2. The Morgan fingerprint density at radius 3 is 2.65 bits per heavy atom. The molecule has 0 aliphatic heterocycles. The number of nitrogens with zero attached hydrogens (tertiary/aromatic N) is 4. The molecule has 2 aromatic carbocycles. The van der Waals surface area contributed by atoms with E-state index in [4.69, 9.17) is 9.15 Å². The Balaban J connectivity index is 1.45. The number of carbonyl (C=O) groups is 1. The molecule has 1 aliphatic carbocycles. The average molecular weight is 509 g/mol. The van der Waals surface area contributed by atoms with Crippen LogP contribution in [0.15, 0.2) is 65.8 Å². The van der Waals surface area contributed by atoms with Gasteiger partial charge in [-0.1, -0.05) is 12.1 Å². The Kier molecular flexibility index (Phi) is 7.09. The van der Waals surface area contributed by atoms with Crippen molar-refractivity contribution in [1.29, 1.82) is 0 Å². The first-order valence-electron chi connectivity index (χ1n) is 12.0. The minimum absolute atomic E-state index is 0.0485. The van der Waals surface area contributed by atoms with Crippen LogP contribution in [0.1, 0.15) is 31.9 Å². The molecule has 192 valence electrons. The minimum Gasteiger partial charge on any atom is -0.491 e. The zero-order chi connectivity index (χ0) is 25.9. The molecule has 10 heteroatoms. The zero-order valence-electron chi connectivity index (χ0n) is 20.4. The topological polar surface area (TPSA) is 90.6 Å². The van der Waals surface area contributed by atoms with Gasteiger partial charge in [0, 0.05) is 35.8 Å². The average Bonchev–Trinajstić information content (AvgIpc) is 3.54. The Morgan fingerprint density at radius 2 is 1.95 bits per heavy atom. The number of aromatic nitrogens is 3. The number of benzene rings is 2. The molecule has 0 radical (unpaired) electrons. The Hall–Kier alpha value is -3.92. The van der Waals surface area contributed by atoms with Gasteiger partial charge in [-0.25, -0.2) is 15.0 Å². The van der Waals surface area contributed by atoms with Gasteiger partial charge in [-0.2, -0.15) is 8.78 Å². The van der Waals surface area contributed by atoms with Gasteiger partial charge in [0.2, 0.25) is 5.91 Å². The molecule has 2 heterocycles. The number of hydrogen-bond donors (Lipinski definition) is 0. The standard InChI is InChI=1S/C27H26F2N4O4/c1-16(2)37-18-5-3-17(4-6-18)19-7-8-23(24-25(19)36-15-32-24)33(11-12-35-27(28)29)26(34)21-13-20(21)22-9-10-30-14-31-22/h3-10,14-16,20-21,27H,11-13H2,1-2H3/t20-,21-/m1/s1. The second-order valence-corrected chi connectivity index (χ2v) is 9.06. The van der Waals surface area contributed by atoms with Crippen LogP contribution in [-0.2, 0) is 9.53 Å². The molecule has 5 rings (SSSR count). The lowest BCUT2D eigenvalue weighted by Crippen LogP contribution is -2.36. The van der Waals surface area contributed by atoms with Gasteiger partial charge in [-0.3, -0.25) is 4.79 Å². The third kappa shape index (κ3) is 5.43. The van der Waals surface area contributed by atoms with E-state index in [0.717, 1.165) is 22.6 Å². The van der Waals surface area contributed by atoms with Crippen molar-refractivity contribution < 1.29 is 27.5 Å². The lowest BCUT2D eigenvalue weighted by molar-refractivity contribution is -0.130. The third-order valence-electron chi connectivity index (χ3n) is 6.21. The third-order valence-corrected chi connectivity index (χ3v) is 6.21.